The van der Waals surface area contributed by atoms with Crippen LogP contribution < -0.4 is 0 Å². The molecule has 0 radical (unpaired) electrons. The van der Waals surface area contributed by atoms with Gasteiger partial charge in [-0.15, -0.1) is 0 Å². The van der Waals surface area contributed by atoms with Crippen LogP contribution in [0, 0.1) is 6.92 Å². The molecule has 0 bridgehead atoms. The fraction of sp³-hybridized carbons (Fsp3) is 0.714. The molecule has 0 saturated carbocycles. The van der Waals surface area contributed by atoms with E-state index in [9.17, 15) is 5.11 Å². The summed E-state index contributed by atoms with van der Waals surface area (Å²) in [5, 5.41) is 10.8. The lowest BCUT2D eigenvalue weighted by atomic mass is 9.83. The number of hydrogen-bond acceptors (Lipinski definition) is 1. The Kier molecular flexibility index (Phi) is 8.60. The molecule has 0 aliphatic heterocycles. The van der Waals surface area contributed by atoms with Gasteiger partial charge in [-0.25, -0.2) is 0 Å². The molecule has 22 heavy (non-hydrogen) atoms. The van der Waals surface area contributed by atoms with Crippen molar-refractivity contribution in [1.29, 1.82) is 0 Å². The molecule has 0 unspecified atom stereocenters. The van der Waals surface area contributed by atoms with E-state index < -0.39 is 0 Å². The second-order valence-electron chi connectivity index (χ2n) is 6.59. The highest BCUT2D eigenvalue weighted by molar-refractivity contribution is 5.55. The maximum atomic E-state index is 10.8. The lowest BCUT2D eigenvalue weighted by Crippen LogP contribution is -2.09. The van der Waals surface area contributed by atoms with Gasteiger partial charge in [0.2, 0.25) is 0 Å². The Morgan fingerprint density at radius 1 is 0.591 bits per heavy atom. The van der Waals surface area contributed by atoms with Crippen LogP contribution in [0.4, 0.5) is 0 Å². The molecule has 0 spiro atoms. The van der Waals surface area contributed by atoms with E-state index in [1.54, 1.807) is 5.56 Å². The number of phenols is 1. The Labute approximate surface area is 138 Å². The Hall–Kier alpha value is -0.980. The van der Waals surface area contributed by atoms with E-state index >= 15 is 0 Å². The maximum Gasteiger partial charge on any atom is 0.122 e. The van der Waals surface area contributed by atoms with E-state index in [-0.39, 0.29) is 0 Å². The summed E-state index contributed by atoms with van der Waals surface area (Å²) in [5.41, 5.74) is 6.91. The van der Waals surface area contributed by atoms with Crippen LogP contribution >= 0.6 is 0 Å². The third-order valence-corrected chi connectivity index (χ3v) is 4.75. The highest BCUT2D eigenvalue weighted by Crippen LogP contribution is 2.36. The number of unbranched alkanes of at least 4 members (excludes halogenated alkanes) is 2. The lowest BCUT2D eigenvalue weighted by molar-refractivity contribution is 0.460. The first-order valence-corrected chi connectivity index (χ1v) is 9.47. The monoisotopic (exact) mass is 304 g/mol. The van der Waals surface area contributed by atoms with Crippen molar-refractivity contribution in [3.8, 4) is 5.75 Å². The van der Waals surface area contributed by atoms with E-state index in [1.165, 1.54) is 48.8 Å². The fourth-order valence-corrected chi connectivity index (χ4v) is 3.52. The molecule has 0 aliphatic carbocycles. The first kappa shape index (κ1) is 19.1. The highest BCUT2D eigenvalue weighted by Gasteiger charge is 2.19. The smallest absolute Gasteiger partial charge is 0.122 e. The standard InChI is InChI=1S/C21H36O/c1-6-10-14-17-16(5)21(22)20(13-9-4)18(12-8-3)19(17)15-11-7-2/h22H,6-15H2,1-5H3. The fourth-order valence-electron chi connectivity index (χ4n) is 3.52. The van der Waals surface area contributed by atoms with Crippen LogP contribution in [0.25, 0.3) is 0 Å². The van der Waals surface area contributed by atoms with Gasteiger partial charge in [0, 0.05) is 0 Å². The molecule has 1 nitrogen and oxygen atoms in total. The molecule has 0 aromatic heterocycles. The van der Waals surface area contributed by atoms with Crippen LogP contribution in [-0.2, 0) is 25.7 Å². The molecule has 1 heteroatoms. The van der Waals surface area contributed by atoms with Crippen LogP contribution in [0.2, 0.25) is 0 Å². The first-order valence-electron chi connectivity index (χ1n) is 9.47. The molecule has 1 aromatic rings. The summed E-state index contributed by atoms with van der Waals surface area (Å²) in [7, 11) is 0. The predicted octanol–water partition coefficient (Wildman–Crippen LogP) is 6.29. The summed E-state index contributed by atoms with van der Waals surface area (Å²) in [5.74, 6) is 0.594. The van der Waals surface area contributed by atoms with Crippen molar-refractivity contribution in [3.05, 3.63) is 27.8 Å². The van der Waals surface area contributed by atoms with Gasteiger partial charge in [0.15, 0.2) is 0 Å². The van der Waals surface area contributed by atoms with E-state index in [0.29, 0.717) is 5.75 Å². The maximum absolute atomic E-state index is 10.8. The Morgan fingerprint density at radius 2 is 1.05 bits per heavy atom. The number of benzene rings is 1. The van der Waals surface area contributed by atoms with Gasteiger partial charge in [-0.1, -0.05) is 53.4 Å². The second-order valence-corrected chi connectivity index (χ2v) is 6.59. The number of phenolic OH excluding ortho intramolecular Hbond substituents is 1. The molecular formula is C21H36O. The van der Waals surface area contributed by atoms with E-state index in [1.807, 2.05) is 0 Å². The topological polar surface area (TPSA) is 20.2 Å². The van der Waals surface area contributed by atoms with Gasteiger partial charge in [0.1, 0.15) is 5.75 Å². The predicted molar refractivity (Wildman–Crippen MR) is 98.1 cm³/mol. The van der Waals surface area contributed by atoms with Gasteiger partial charge < -0.3 is 5.11 Å². The van der Waals surface area contributed by atoms with Crippen molar-refractivity contribution in [2.45, 2.75) is 98.8 Å². The van der Waals surface area contributed by atoms with Gasteiger partial charge >= 0.3 is 0 Å². The van der Waals surface area contributed by atoms with Crippen LogP contribution in [0.5, 0.6) is 5.75 Å². The molecule has 0 fully saturated rings. The molecule has 0 saturated heterocycles. The first-order chi connectivity index (χ1) is 10.6. The average molecular weight is 305 g/mol. The van der Waals surface area contributed by atoms with Crippen molar-refractivity contribution < 1.29 is 5.11 Å². The minimum Gasteiger partial charge on any atom is -0.507 e. The van der Waals surface area contributed by atoms with Gasteiger partial charge in [0.05, 0.1) is 0 Å². The van der Waals surface area contributed by atoms with E-state index in [0.717, 1.165) is 37.7 Å². The van der Waals surface area contributed by atoms with Crippen molar-refractivity contribution in [3.63, 3.8) is 0 Å². The van der Waals surface area contributed by atoms with E-state index in [2.05, 4.69) is 34.6 Å². The lowest BCUT2D eigenvalue weighted by Gasteiger charge is -2.23. The molecule has 0 amide bonds. The minimum absolute atomic E-state index is 0.594. The largest absolute Gasteiger partial charge is 0.507 e. The normalized spacial score (nSPS) is 11.1. The Balaban J connectivity index is 3.45. The summed E-state index contributed by atoms with van der Waals surface area (Å²) in [6.45, 7) is 11.1. The molecular weight excluding hydrogens is 268 g/mol. The van der Waals surface area contributed by atoms with Crippen LogP contribution in [-0.4, -0.2) is 5.11 Å². The average Bonchev–Trinajstić information content (AvgIpc) is 2.52. The van der Waals surface area contributed by atoms with Crippen molar-refractivity contribution in [2.75, 3.05) is 0 Å². The molecule has 0 atom stereocenters. The SMILES string of the molecule is CCCCc1c(C)c(O)c(CCC)c(CCC)c1CCCC. The van der Waals surface area contributed by atoms with Gasteiger partial charge in [-0.3, -0.25) is 0 Å². The molecule has 1 N–H and O–H groups in total. The number of aromatic hydroxyl groups is 1. The quantitative estimate of drug-likeness (QED) is 0.538. The molecule has 1 rings (SSSR count). The Bertz CT molecular complexity index is 460. The zero-order valence-electron chi connectivity index (χ0n) is 15.5. The number of rotatable bonds is 10. The molecule has 1 aromatic carbocycles. The molecule has 0 heterocycles. The van der Waals surface area contributed by atoms with Crippen molar-refractivity contribution in [2.24, 2.45) is 0 Å². The summed E-state index contributed by atoms with van der Waals surface area (Å²) >= 11 is 0. The van der Waals surface area contributed by atoms with Crippen LogP contribution in [0.15, 0.2) is 0 Å². The van der Waals surface area contributed by atoms with Gasteiger partial charge in [-0.2, -0.15) is 0 Å². The zero-order chi connectivity index (χ0) is 16.5. The minimum atomic E-state index is 0.594. The van der Waals surface area contributed by atoms with Gasteiger partial charge in [0.25, 0.3) is 0 Å². The Morgan fingerprint density at radius 3 is 1.55 bits per heavy atom. The molecule has 0 aliphatic rings. The zero-order valence-corrected chi connectivity index (χ0v) is 15.5. The summed E-state index contributed by atoms with van der Waals surface area (Å²) in [6.07, 6.45) is 11.6. The van der Waals surface area contributed by atoms with Crippen LogP contribution in [0.3, 0.4) is 0 Å². The molecule has 126 valence electrons. The summed E-state index contributed by atoms with van der Waals surface area (Å²) in [6, 6.07) is 0. The van der Waals surface area contributed by atoms with Gasteiger partial charge in [-0.05, 0) is 73.3 Å². The second kappa shape index (κ2) is 9.92. The van der Waals surface area contributed by atoms with E-state index in [4.69, 9.17) is 0 Å². The van der Waals surface area contributed by atoms with Crippen molar-refractivity contribution in [1.82, 2.24) is 0 Å². The summed E-state index contributed by atoms with van der Waals surface area (Å²) < 4.78 is 0. The summed E-state index contributed by atoms with van der Waals surface area (Å²) in [4.78, 5) is 0. The highest BCUT2D eigenvalue weighted by atomic mass is 16.3. The van der Waals surface area contributed by atoms with Crippen molar-refractivity contribution >= 4 is 0 Å². The third kappa shape index (κ3) is 4.51. The third-order valence-electron chi connectivity index (χ3n) is 4.75. The van der Waals surface area contributed by atoms with Crippen LogP contribution in [0.1, 0.15) is 94.0 Å². The number of hydrogen-bond donors (Lipinski definition) is 1.